The van der Waals surface area contributed by atoms with Gasteiger partial charge in [-0.05, 0) is 57.0 Å². The average molecular weight is 884 g/mol. The van der Waals surface area contributed by atoms with Crippen molar-refractivity contribution in [2.75, 3.05) is 92.6 Å². The molecule has 10 N–H and O–H groups in total. The maximum atomic E-state index is 12.4. The van der Waals surface area contributed by atoms with E-state index in [0.29, 0.717) is 96.3 Å². The quantitative estimate of drug-likeness (QED) is 0.0386. The van der Waals surface area contributed by atoms with Crippen molar-refractivity contribution in [2.45, 2.75) is 76.3 Å². The van der Waals surface area contributed by atoms with E-state index in [1.54, 1.807) is 24.3 Å². The lowest BCUT2D eigenvalue weighted by Gasteiger charge is -2.18. The SMILES string of the molecule is CNCCOCCOCCNC(=O)c1ccc(C(=O)NCCOCCOCCNC(=O)CCCCCCCNC(=O)CC[C@H](NC(=O)N[C@@H](CCC(=O)O)C(=O)O)C(=O)O)cc1. The Labute approximate surface area is 361 Å². The zero-order valence-corrected chi connectivity index (χ0v) is 35.5. The molecule has 6 amide bonds. The standard InChI is InChI=1S/C40H65N7O15/c1-41-17-21-59-25-26-61-23-19-44-36(52)29-8-10-30(11-9-29)37(53)45-20-24-62-28-27-60-22-18-43-33(48)7-5-3-2-4-6-16-42-34(49)14-12-31(38(54)55)46-40(58)47-32(39(56)57)13-15-35(50)51/h8-11,31-32,41H,2-7,12-28H2,1H3,(H,42,49)(H,43,48)(H,44,52)(H,45,53)(H,50,51)(H,54,55)(H,56,57)(H2,46,47,58)/t31-,32-/m0/s1. The first-order valence-electron chi connectivity index (χ1n) is 20.7. The molecule has 62 heavy (non-hydrogen) atoms. The number of hydrogen-bond donors (Lipinski definition) is 10. The lowest BCUT2D eigenvalue weighted by molar-refractivity contribution is -0.141. The molecule has 22 heteroatoms. The highest BCUT2D eigenvalue weighted by Crippen LogP contribution is 2.07. The van der Waals surface area contributed by atoms with E-state index in [-0.39, 0.29) is 43.7 Å². The van der Waals surface area contributed by atoms with E-state index in [1.165, 1.54) is 0 Å². The summed E-state index contributed by atoms with van der Waals surface area (Å²) in [6.45, 7) is 5.25. The molecule has 0 saturated heterocycles. The molecule has 1 rings (SSSR count). The summed E-state index contributed by atoms with van der Waals surface area (Å²) in [4.78, 5) is 94.5. The Bertz CT molecular complexity index is 1500. The van der Waals surface area contributed by atoms with Gasteiger partial charge >= 0.3 is 23.9 Å². The van der Waals surface area contributed by atoms with Gasteiger partial charge in [0.15, 0.2) is 0 Å². The Balaban J connectivity index is 2.01. The minimum atomic E-state index is -1.53. The number of rotatable bonds is 38. The fraction of sp³-hybridized carbons (Fsp3) is 0.650. The van der Waals surface area contributed by atoms with E-state index in [1.807, 2.05) is 12.4 Å². The fourth-order valence-electron chi connectivity index (χ4n) is 5.29. The monoisotopic (exact) mass is 883 g/mol. The molecular weight excluding hydrogens is 818 g/mol. The predicted molar refractivity (Wildman–Crippen MR) is 223 cm³/mol. The van der Waals surface area contributed by atoms with Crippen molar-refractivity contribution in [2.24, 2.45) is 0 Å². The molecule has 1 aromatic rings. The van der Waals surface area contributed by atoms with Gasteiger partial charge in [0.1, 0.15) is 12.1 Å². The Morgan fingerprint density at radius 1 is 0.484 bits per heavy atom. The zero-order valence-electron chi connectivity index (χ0n) is 35.5. The number of benzene rings is 1. The summed E-state index contributed by atoms with van der Waals surface area (Å²) in [6.07, 6.45) is 2.85. The van der Waals surface area contributed by atoms with Crippen LogP contribution in [0.3, 0.4) is 0 Å². The lowest BCUT2D eigenvalue weighted by atomic mass is 10.1. The number of carbonyl (C=O) groups is 8. The van der Waals surface area contributed by atoms with Gasteiger partial charge in [0.25, 0.3) is 11.8 Å². The van der Waals surface area contributed by atoms with Gasteiger partial charge in [-0.15, -0.1) is 0 Å². The molecule has 0 unspecified atom stereocenters. The van der Waals surface area contributed by atoms with Gasteiger partial charge in [-0.25, -0.2) is 14.4 Å². The first kappa shape index (κ1) is 54.6. The van der Waals surface area contributed by atoms with Crippen molar-refractivity contribution in [3.63, 3.8) is 0 Å². The third-order valence-corrected chi connectivity index (χ3v) is 8.70. The number of amides is 6. The van der Waals surface area contributed by atoms with Crippen molar-refractivity contribution in [1.29, 1.82) is 0 Å². The second-order valence-electron chi connectivity index (χ2n) is 13.7. The Hall–Kier alpha value is -5.42. The average Bonchev–Trinajstić information content (AvgIpc) is 3.24. The van der Waals surface area contributed by atoms with Crippen LogP contribution in [0.1, 0.15) is 84.9 Å². The molecule has 0 aliphatic carbocycles. The number of ether oxygens (including phenoxy) is 4. The number of hydrogen-bond acceptors (Lipinski definition) is 13. The van der Waals surface area contributed by atoms with Crippen LogP contribution in [-0.2, 0) is 42.9 Å². The van der Waals surface area contributed by atoms with Gasteiger partial charge in [-0.2, -0.15) is 0 Å². The van der Waals surface area contributed by atoms with Gasteiger partial charge < -0.3 is 71.5 Å². The lowest BCUT2D eigenvalue weighted by Crippen LogP contribution is -2.51. The number of aliphatic carboxylic acids is 3. The summed E-state index contributed by atoms with van der Waals surface area (Å²) < 4.78 is 21.7. The van der Waals surface area contributed by atoms with Crippen LogP contribution in [0.4, 0.5) is 4.79 Å². The molecule has 0 fully saturated rings. The molecule has 0 aliphatic rings. The van der Waals surface area contributed by atoms with E-state index in [4.69, 9.17) is 29.2 Å². The van der Waals surface area contributed by atoms with E-state index in [2.05, 4.69) is 31.9 Å². The first-order chi connectivity index (χ1) is 29.8. The molecule has 350 valence electrons. The number of carbonyl (C=O) groups excluding carboxylic acids is 5. The van der Waals surface area contributed by atoms with Crippen LogP contribution in [0.2, 0.25) is 0 Å². The normalized spacial score (nSPS) is 11.8. The van der Waals surface area contributed by atoms with Crippen LogP contribution in [0.25, 0.3) is 0 Å². The van der Waals surface area contributed by atoms with Crippen LogP contribution in [0.15, 0.2) is 24.3 Å². The highest BCUT2D eigenvalue weighted by Gasteiger charge is 2.25. The molecule has 0 bridgehead atoms. The summed E-state index contributed by atoms with van der Waals surface area (Å²) in [5.74, 6) is -5.21. The van der Waals surface area contributed by atoms with Gasteiger partial charge in [0.2, 0.25) is 11.8 Å². The summed E-state index contributed by atoms with van der Waals surface area (Å²) >= 11 is 0. The number of urea groups is 1. The number of carboxylic acid groups (broad SMARTS) is 3. The maximum absolute atomic E-state index is 12.4. The van der Waals surface area contributed by atoms with E-state index >= 15 is 0 Å². The van der Waals surface area contributed by atoms with E-state index in [0.717, 1.165) is 25.8 Å². The molecule has 0 aromatic heterocycles. The Morgan fingerprint density at radius 3 is 1.35 bits per heavy atom. The smallest absolute Gasteiger partial charge is 0.326 e. The van der Waals surface area contributed by atoms with Crippen LogP contribution >= 0.6 is 0 Å². The first-order valence-corrected chi connectivity index (χ1v) is 20.7. The highest BCUT2D eigenvalue weighted by molar-refractivity contribution is 5.97. The highest BCUT2D eigenvalue weighted by atomic mass is 16.5. The van der Waals surface area contributed by atoms with E-state index < -0.39 is 54.8 Å². The fourth-order valence-corrected chi connectivity index (χ4v) is 5.29. The molecule has 0 aliphatic heterocycles. The van der Waals surface area contributed by atoms with Crippen LogP contribution in [0.5, 0.6) is 0 Å². The molecule has 1 aromatic carbocycles. The topological polar surface area (TPSA) is 318 Å². The minimum absolute atomic E-state index is 0.0868. The molecule has 22 nitrogen and oxygen atoms in total. The molecule has 0 heterocycles. The molecule has 0 radical (unpaired) electrons. The number of unbranched alkanes of at least 4 members (excludes halogenated alkanes) is 4. The van der Waals surface area contributed by atoms with Crippen molar-refractivity contribution in [3.05, 3.63) is 35.4 Å². The summed E-state index contributed by atoms with van der Waals surface area (Å²) in [7, 11) is 1.85. The van der Waals surface area contributed by atoms with Crippen LogP contribution in [-0.4, -0.2) is 168 Å². The molecule has 2 atom stereocenters. The molecule has 0 spiro atoms. The Kier molecular flexibility index (Phi) is 31.0. The van der Waals surface area contributed by atoms with Crippen molar-refractivity contribution >= 4 is 47.6 Å². The largest absolute Gasteiger partial charge is 0.481 e. The Morgan fingerprint density at radius 2 is 0.887 bits per heavy atom. The summed E-state index contributed by atoms with van der Waals surface area (Å²) in [5.41, 5.74) is 0.841. The van der Waals surface area contributed by atoms with Crippen molar-refractivity contribution < 1.29 is 72.6 Å². The van der Waals surface area contributed by atoms with Crippen molar-refractivity contribution in [1.82, 2.24) is 37.2 Å². The zero-order chi connectivity index (χ0) is 45.8. The number of likely N-dealkylation sites (N-methyl/N-ethyl adjacent to an activating group) is 1. The second kappa shape index (κ2) is 35.2. The third kappa shape index (κ3) is 28.9. The van der Waals surface area contributed by atoms with Gasteiger partial charge in [-0.1, -0.05) is 19.3 Å². The number of nitrogens with one attached hydrogen (secondary N) is 7. The van der Waals surface area contributed by atoms with Crippen molar-refractivity contribution in [3.8, 4) is 0 Å². The molecular formula is C40H65N7O15. The van der Waals surface area contributed by atoms with E-state index in [9.17, 15) is 43.5 Å². The van der Waals surface area contributed by atoms with Gasteiger partial charge in [-0.3, -0.25) is 24.0 Å². The van der Waals surface area contributed by atoms with Crippen LogP contribution < -0.4 is 37.2 Å². The second-order valence-corrected chi connectivity index (χ2v) is 13.7. The predicted octanol–water partition coefficient (Wildman–Crippen LogP) is -0.144. The van der Waals surface area contributed by atoms with Gasteiger partial charge in [0.05, 0.1) is 52.9 Å². The molecule has 0 saturated carbocycles. The number of carboxylic acids is 3. The van der Waals surface area contributed by atoms with Gasteiger partial charge in [0, 0.05) is 63.1 Å². The summed E-state index contributed by atoms with van der Waals surface area (Å²) in [5, 5.41) is 45.3. The minimum Gasteiger partial charge on any atom is -0.481 e. The third-order valence-electron chi connectivity index (χ3n) is 8.70. The van der Waals surface area contributed by atoms with Crippen LogP contribution in [0, 0.1) is 0 Å². The summed E-state index contributed by atoms with van der Waals surface area (Å²) in [6, 6.07) is 2.21. The maximum Gasteiger partial charge on any atom is 0.326 e.